The number of amides is 1. The van der Waals surface area contributed by atoms with Crippen LogP contribution in [0.2, 0.25) is 0 Å². The molecule has 0 unspecified atom stereocenters. The zero-order valence-electron chi connectivity index (χ0n) is 16.5. The van der Waals surface area contributed by atoms with Crippen LogP contribution < -0.4 is 15.0 Å². The lowest BCUT2D eigenvalue weighted by Crippen LogP contribution is -2.48. The van der Waals surface area contributed by atoms with E-state index in [2.05, 4.69) is 20.1 Å². The van der Waals surface area contributed by atoms with Gasteiger partial charge in [0.2, 0.25) is 0 Å². The molecule has 3 aromatic rings. The van der Waals surface area contributed by atoms with E-state index in [9.17, 15) is 13.6 Å². The molecular formula is C21H22F2N4O2S. The minimum Gasteiger partial charge on any atom is -0.497 e. The average molecular weight is 432 g/mol. The zero-order valence-corrected chi connectivity index (χ0v) is 17.3. The summed E-state index contributed by atoms with van der Waals surface area (Å²) in [6, 6.07) is 9.23. The fourth-order valence-corrected chi connectivity index (χ4v) is 4.49. The predicted octanol–water partition coefficient (Wildman–Crippen LogP) is 3.14. The van der Waals surface area contributed by atoms with Crippen LogP contribution in [0, 0.1) is 11.6 Å². The number of anilines is 1. The number of hydrogen-bond donors (Lipinski definition) is 1. The molecule has 1 saturated heterocycles. The summed E-state index contributed by atoms with van der Waals surface area (Å²) in [4.78, 5) is 21.0. The number of piperazine rings is 1. The van der Waals surface area contributed by atoms with Gasteiger partial charge in [-0.3, -0.25) is 9.69 Å². The molecule has 0 spiro atoms. The Morgan fingerprint density at radius 3 is 2.77 bits per heavy atom. The monoisotopic (exact) mass is 432 g/mol. The van der Waals surface area contributed by atoms with E-state index >= 15 is 0 Å². The molecule has 1 aliphatic rings. The van der Waals surface area contributed by atoms with Gasteiger partial charge in [0.25, 0.3) is 5.91 Å². The van der Waals surface area contributed by atoms with Gasteiger partial charge in [0.05, 0.1) is 11.8 Å². The van der Waals surface area contributed by atoms with Gasteiger partial charge in [-0.05, 0) is 24.3 Å². The first-order valence-corrected chi connectivity index (χ1v) is 10.5. The molecule has 6 nitrogen and oxygen atoms in total. The number of methoxy groups -OCH3 is 1. The number of fused-ring (bicyclic) bond motifs is 1. The number of halogens is 2. The first kappa shape index (κ1) is 20.5. The molecule has 1 N–H and O–H groups in total. The zero-order chi connectivity index (χ0) is 21.1. The van der Waals surface area contributed by atoms with Crippen molar-refractivity contribution in [3.63, 3.8) is 0 Å². The third-order valence-electron chi connectivity index (χ3n) is 5.09. The number of carbonyl (C=O) groups excluding carboxylic acids is 1. The molecule has 0 bridgehead atoms. The summed E-state index contributed by atoms with van der Waals surface area (Å²) in [7, 11) is 1.57. The van der Waals surface area contributed by atoms with E-state index in [0.717, 1.165) is 38.8 Å². The molecule has 30 heavy (non-hydrogen) atoms. The summed E-state index contributed by atoms with van der Waals surface area (Å²) < 4.78 is 33.0. The molecule has 1 amide bonds. The van der Waals surface area contributed by atoms with Gasteiger partial charge in [-0.1, -0.05) is 17.4 Å². The maximum Gasteiger partial charge on any atom is 0.251 e. The molecule has 1 fully saturated rings. The summed E-state index contributed by atoms with van der Waals surface area (Å²) >= 11 is 1.30. The number of carbonyl (C=O) groups is 1. The van der Waals surface area contributed by atoms with Crippen LogP contribution in [0.1, 0.15) is 10.4 Å². The van der Waals surface area contributed by atoms with E-state index in [4.69, 9.17) is 4.74 Å². The van der Waals surface area contributed by atoms with Crippen LogP contribution in [0.3, 0.4) is 0 Å². The smallest absolute Gasteiger partial charge is 0.251 e. The highest BCUT2D eigenvalue weighted by molar-refractivity contribution is 7.22. The van der Waals surface area contributed by atoms with Crippen LogP contribution >= 0.6 is 11.3 Å². The second-order valence-electron chi connectivity index (χ2n) is 7.05. The van der Waals surface area contributed by atoms with Crippen molar-refractivity contribution in [2.75, 3.05) is 51.3 Å². The van der Waals surface area contributed by atoms with Crippen molar-refractivity contribution in [1.82, 2.24) is 15.2 Å². The molecule has 1 aromatic heterocycles. The molecule has 0 saturated carbocycles. The maximum absolute atomic E-state index is 13.9. The summed E-state index contributed by atoms with van der Waals surface area (Å²) in [6.07, 6.45) is 0. The Bertz CT molecular complexity index is 1050. The number of nitrogens with one attached hydrogen (secondary N) is 1. The van der Waals surface area contributed by atoms with E-state index in [1.165, 1.54) is 17.4 Å². The number of aromatic nitrogens is 1. The molecule has 0 radical (unpaired) electrons. The van der Waals surface area contributed by atoms with Crippen LogP contribution in [0.5, 0.6) is 5.75 Å². The molecule has 4 rings (SSSR count). The Kier molecular flexibility index (Phi) is 6.10. The average Bonchev–Trinajstić information content (AvgIpc) is 3.18. The number of benzene rings is 2. The molecule has 158 valence electrons. The van der Waals surface area contributed by atoms with Crippen molar-refractivity contribution in [1.29, 1.82) is 0 Å². The Hall–Kier alpha value is -2.78. The first-order chi connectivity index (χ1) is 14.5. The van der Waals surface area contributed by atoms with E-state index in [1.54, 1.807) is 31.4 Å². The van der Waals surface area contributed by atoms with Crippen molar-refractivity contribution < 1.29 is 18.3 Å². The van der Waals surface area contributed by atoms with Crippen LogP contribution in [0.4, 0.5) is 13.9 Å². The predicted molar refractivity (Wildman–Crippen MR) is 114 cm³/mol. The Labute approximate surface area is 177 Å². The van der Waals surface area contributed by atoms with Crippen molar-refractivity contribution in [3.8, 4) is 5.75 Å². The van der Waals surface area contributed by atoms with Gasteiger partial charge in [0, 0.05) is 50.9 Å². The molecule has 9 heteroatoms. The highest BCUT2D eigenvalue weighted by Gasteiger charge is 2.21. The van der Waals surface area contributed by atoms with E-state index in [1.807, 2.05) is 0 Å². The second kappa shape index (κ2) is 8.93. The molecule has 0 aliphatic carbocycles. The van der Waals surface area contributed by atoms with Gasteiger partial charge in [-0.2, -0.15) is 0 Å². The van der Waals surface area contributed by atoms with Gasteiger partial charge in [0.15, 0.2) is 10.9 Å². The first-order valence-electron chi connectivity index (χ1n) is 9.68. The van der Waals surface area contributed by atoms with Crippen LogP contribution in [0.25, 0.3) is 10.2 Å². The SMILES string of the molecule is COc1cccc(C(=O)NCCN2CCN(c3nc4c(F)cc(F)cc4s3)CC2)c1. The number of thiazole rings is 1. The van der Waals surface area contributed by atoms with E-state index < -0.39 is 11.6 Å². The van der Waals surface area contributed by atoms with Gasteiger partial charge in [-0.25, -0.2) is 13.8 Å². The quantitative estimate of drug-likeness (QED) is 0.649. The Balaban J connectivity index is 1.27. The summed E-state index contributed by atoms with van der Waals surface area (Å²) in [6.45, 7) is 4.38. The van der Waals surface area contributed by atoms with Gasteiger partial charge < -0.3 is 15.0 Å². The summed E-state index contributed by atoms with van der Waals surface area (Å²) in [5.74, 6) is -0.693. The standard InChI is InChI=1S/C21H22F2N4O2S/c1-29-16-4-2-3-14(11-16)20(28)24-5-6-26-7-9-27(10-8-26)21-25-19-17(23)12-15(22)13-18(19)30-21/h2-4,11-13H,5-10H2,1H3,(H,24,28). The van der Waals surface area contributed by atoms with Crippen LogP contribution in [0.15, 0.2) is 36.4 Å². The Morgan fingerprint density at radius 1 is 1.20 bits per heavy atom. The van der Waals surface area contributed by atoms with Crippen LogP contribution in [-0.2, 0) is 0 Å². The third-order valence-corrected chi connectivity index (χ3v) is 6.15. The molecular weight excluding hydrogens is 410 g/mol. The molecule has 1 aliphatic heterocycles. The number of nitrogens with zero attached hydrogens (tertiary/aromatic N) is 3. The summed E-state index contributed by atoms with van der Waals surface area (Å²) in [5.41, 5.74) is 0.790. The van der Waals surface area contributed by atoms with Gasteiger partial charge >= 0.3 is 0 Å². The van der Waals surface area contributed by atoms with E-state index in [0.29, 0.717) is 27.7 Å². The fraction of sp³-hybridized carbons (Fsp3) is 0.333. The van der Waals surface area contributed by atoms with Gasteiger partial charge in [0.1, 0.15) is 17.1 Å². The minimum absolute atomic E-state index is 0.128. The summed E-state index contributed by atoms with van der Waals surface area (Å²) in [5, 5.41) is 3.64. The molecule has 0 atom stereocenters. The van der Waals surface area contributed by atoms with Crippen molar-refractivity contribution in [3.05, 3.63) is 53.6 Å². The Morgan fingerprint density at radius 2 is 2.00 bits per heavy atom. The number of ether oxygens (including phenoxy) is 1. The lowest BCUT2D eigenvalue weighted by molar-refractivity contribution is 0.0947. The highest BCUT2D eigenvalue weighted by Crippen LogP contribution is 2.31. The molecule has 2 heterocycles. The lowest BCUT2D eigenvalue weighted by Gasteiger charge is -2.34. The highest BCUT2D eigenvalue weighted by atomic mass is 32.1. The number of hydrogen-bond acceptors (Lipinski definition) is 6. The van der Waals surface area contributed by atoms with Crippen molar-refractivity contribution >= 4 is 32.6 Å². The second-order valence-corrected chi connectivity index (χ2v) is 8.06. The number of rotatable bonds is 6. The maximum atomic E-state index is 13.9. The topological polar surface area (TPSA) is 57.7 Å². The van der Waals surface area contributed by atoms with E-state index in [-0.39, 0.29) is 11.4 Å². The largest absolute Gasteiger partial charge is 0.497 e. The molecule has 2 aromatic carbocycles. The van der Waals surface area contributed by atoms with Crippen molar-refractivity contribution in [2.24, 2.45) is 0 Å². The third kappa shape index (κ3) is 4.52. The van der Waals surface area contributed by atoms with Gasteiger partial charge in [-0.15, -0.1) is 0 Å². The fourth-order valence-electron chi connectivity index (χ4n) is 3.44. The normalized spacial score (nSPS) is 14.8. The minimum atomic E-state index is -0.627. The lowest BCUT2D eigenvalue weighted by atomic mass is 10.2. The van der Waals surface area contributed by atoms with Crippen LogP contribution in [-0.4, -0.2) is 62.2 Å². The van der Waals surface area contributed by atoms with Crippen molar-refractivity contribution in [2.45, 2.75) is 0 Å².